The molecule has 1 fully saturated rings. The number of pyridine rings is 1. The molecule has 166 valence electrons. The summed E-state index contributed by atoms with van der Waals surface area (Å²) in [5.41, 5.74) is -0.219. The first-order chi connectivity index (χ1) is 15.8. The minimum atomic E-state index is -1.03. The molecule has 0 aliphatic carbocycles. The number of hydrogen-bond donors (Lipinski definition) is 0. The number of anilines is 1. The topological polar surface area (TPSA) is 53.5 Å². The number of urea groups is 1. The molecule has 7 heteroatoms. The van der Waals surface area contributed by atoms with Crippen LogP contribution in [0.4, 0.5) is 19.3 Å². The molecule has 0 N–H and O–H groups in total. The predicted molar refractivity (Wildman–Crippen MR) is 120 cm³/mol. The highest BCUT2D eigenvalue weighted by molar-refractivity contribution is 6.16. The van der Waals surface area contributed by atoms with Gasteiger partial charge in [-0.2, -0.15) is 0 Å². The molecule has 0 radical (unpaired) electrons. The lowest BCUT2D eigenvalue weighted by Crippen LogP contribution is -2.61. The largest absolute Gasteiger partial charge is 0.332 e. The Balaban J connectivity index is 1.70. The van der Waals surface area contributed by atoms with Crippen molar-refractivity contribution in [3.63, 3.8) is 0 Å². The van der Waals surface area contributed by atoms with Crippen molar-refractivity contribution in [3.05, 3.63) is 95.3 Å². The lowest BCUT2D eigenvalue weighted by Gasteiger charge is -2.47. The number of benzene rings is 2. The number of carbonyl (C=O) groups excluding carboxylic acids is 2. The van der Waals surface area contributed by atoms with Gasteiger partial charge in [0.1, 0.15) is 5.69 Å². The zero-order chi connectivity index (χ0) is 23.6. The van der Waals surface area contributed by atoms with Gasteiger partial charge < -0.3 is 4.90 Å². The fourth-order valence-electron chi connectivity index (χ4n) is 4.07. The Labute approximate surface area is 190 Å². The van der Waals surface area contributed by atoms with E-state index in [1.165, 1.54) is 4.90 Å². The molecule has 0 spiro atoms. The second-order valence-corrected chi connectivity index (χ2v) is 7.85. The van der Waals surface area contributed by atoms with E-state index in [9.17, 15) is 9.59 Å². The van der Waals surface area contributed by atoms with E-state index >= 15 is 8.78 Å². The van der Waals surface area contributed by atoms with Crippen LogP contribution in [0.5, 0.6) is 0 Å². The Morgan fingerprint density at radius 2 is 1.67 bits per heavy atom. The van der Waals surface area contributed by atoms with E-state index in [-0.39, 0.29) is 18.5 Å². The molecule has 0 unspecified atom stereocenters. The second kappa shape index (κ2) is 8.83. The highest BCUT2D eigenvalue weighted by Gasteiger charge is 2.48. The number of nitrogens with zero attached hydrogens (tertiary/aromatic N) is 3. The Morgan fingerprint density at radius 1 is 1.00 bits per heavy atom. The number of rotatable bonds is 3. The van der Waals surface area contributed by atoms with Crippen LogP contribution in [0.25, 0.3) is 0 Å². The lowest BCUT2D eigenvalue weighted by molar-refractivity contribution is -0.122. The Kier molecular flexibility index (Phi) is 5.93. The fraction of sp³-hybridized carbons (Fsp3) is 0.192. The normalized spacial score (nSPS) is 18.2. The third-order valence-corrected chi connectivity index (χ3v) is 5.73. The second-order valence-electron chi connectivity index (χ2n) is 7.85. The van der Waals surface area contributed by atoms with Gasteiger partial charge in [0.05, 0.1) is 12.0 Å². The van der Waals surface area contributed by atoms with Crippen molar-refractivity contribution >= 4 is 17.6 Å². The van der Waals surface area contributed by atoms with Crippen LogP contribution in [0, 0.1) is 23.5 Å². The molecule has 1 aromatic heterocycles. The molecule has 1 saturated heterocycles. The summed E-state index contributed by atoms with van der Waals surface area (Å²) in [6.45, 7) is 3.73. The van der Waals surface area contributed by atoms with Crippen molar-refractivity contribution in [2.75, 3.05) is 11.4 Å². The summed E-state index contributed by atoms with van der Waals surface area (Å²) >= 11 is 0. The highest BCUT2D eigenvalue weighted by Crippen LogP contribution is 2.39. The van der Waals surface area contributed by atoms with Gasteiger partial charge in [-0.3, -0.25) is 9.78 Å². The van der Waals surface area contributed by atoms with Gasteiger partial charge in [0.25, 0.3) is 0 Å². The summed E-state index contributed by atoms with van der Waals surface area (Å²) in [4.78, 5) is 32.4. The van der Waals surface area contributed by atoms with Gasteiger partial charge >= 0.3 is 6.03 Å². The third kappa shape index (κ3) is 4.08. The number of amides is 3. The van der Waals surface area contributed by atoms with Crippen LogP contribution >= 0.6 is 0 Å². The Hall–Kier alpha value is -4.05. The number of carbonyl (C=O) groups is 2. The molecule has 5 nitrogen and oxygen atoms in total. The summed E-state index contributed by atoms with van der Waals surface area (Å²) in [6, 6.07) is 13.8. The average molecular weight is 445 g/mol. The van der Waals surface area contributed by atoms with Crippen LogP contribution in [-0.4, -0.2) is 28.4 Å². The van der Waals surface area contributed by atoms with Crippen molar-refractivity contribution in [1.82, 2.24) is 9.88 Å². The van der Waals surface area contributed by atoms with Crippen LogP contribution in [0.3, 0.4) is 0 Å². The zero-order valence-electron chi connectivity index (χ0n) is 18.2. The summed E-state index contributed by atoms with van der Waals surface area (Å²) in [6.07, 6.45) is 3.03. The van der Waals surface area contributed by atoms with Gasteiger partial charge in [0.2, 0.25) is 5.91 Å². The first kappa shape index (κ1) is 22.2. The minimum Gasteiger partial charge on any atom is -0.314 e. The van der Waals surface area contributed by atoms with Crippen molar-refractivity contribution in [1.29, 1.82) is 0 Å². The molecule has 3 amide bonds. The first-order valence-corrected chi connectivity index (χ1v) is 10.5. The maximum Gasteiger partial charge on any atom is 0.332 e. The summed E-state index contributed by atoms with van der Waals surface area (Å²) in [5, 5.41) is 0. The molecule has 0 saturated carbocycles. The van der Waals surface area contributed by atoms with Gasteiger partial charge in [-0.05, 0) is 49.7 Å². The van der Waals surface area contributed by atoms with E-state index in [0.717, 1.165) is 12.1 Å². The summed E-state index contributed by atoms with van der Waals surface area (Å²) < 4.78 is 30.1. The van der Waals surface area contributed by atoms with Crippen LogP contribution in [0.1, 0.15) is 37.0 Å². The Bertz CT molecular complexity index is 1250. The number of hydrogen-bond acceptors (Lipinski definition) is 3. The van der Waals surface area contributed by atoms with E-state index < -0.39 is 34.8 Å². The molecule has 3 aromatic rings. The standard InChI is InChI=1S/C26H21F2N3O2/c1-3-30-25(33)31(23(32)16-26(30,2)20-10-7-13-29-17-20)24-21(27)14-19(15-22(24)28)12-11-18-8-5-4-6-9-18/h4-10,13-15,17H,3,16H2,1-2H3/t26-/m0/s1. The molecular weight excluding hydrogens is 424 g/mol. The number of halogens is 2. The predicted octanol–water partition coefficient (Wildman–Crippen LogP) is 4.85. The smallest absolute Gasteiger partial charge is 0.314 e. The van der Waals surface area contributed by atoms with E-state index in [0.29, 0.717) is 16.0 Å². The third-order valence-electron chi connectivity index (χ3n) is 5.73. The van der Waals surface area contributed by atoms with Gasteiger partial charge in [0.15, 0.2) is 11.6 Å². The first-order valence-electron chi connectivity index (χ1n) is 10.5. The minimum absolute atomic E-state index is 0.0991. The van der Waals surface area contributed by atoms with Crippen LogP contribution in [0.15, 0.2) is 67.0 Å². The maximum atomic E-state index is 15.0. The number of imide groups is 1. The monoisotopic (exact) mass is 445 g/mol. The lowest BCUT2D eigenvalue weighted by atomic mass is 9.85. The SMILES string of the molecule is CCN1C(=O)N(c2c(F)cc(C#Cc3ccccc3)cc2F)C(=O)C[C@@]1(C)c1cccnc1. The van der Waals surface area contributed by atoms with Crippen LogP contribution in [-0.2, 0) is 10.3 Å². The molecule has 2 heterocycles. The van der Waals surface area contributed by atoms with Crippen molar-refractivity contribution in [3.8, 4) is 11.8 Å². The van der Waals surface area contributed by atoms with E-state index in [1.807, 2.05) is 6.07 Å². The highest BCUT2D eigenvalue weighted by atomic mass is 19.1. The van der Waals surface area contributed by atoms with Crippen molar-refractivity contribution in [2.45, 2.75) is 25.8 Å². The zero-order valence-corrected chi connectivity index (χ0v) is 18.2. The number of aromatic nitrogens is 1. The molecule has 1 atom stereocenters. The average Bonchev–Trinajstić information content (AvgIpc) is 2.80. The molecule has 1 aliphatic rings. The van der Waals surface area contributed by atoms with Crippen LogP contribution < -0.4 is 4.90 Å². The van der Waals surface area contributed by atoms with Crippen LogP contribution in [0.2, 0.25) is 0 Å². The van der Waals surface area contributed by atoms with Gasteiger partial charge in [-0.1, -0.05) is 36.1 Å². The molecular formula is C26H21F2N3O2. The molecule has 2 aromatic carbocycles. The van der Waals surface area contributed by atoms with Crippen molar-refractivity contribution in [2.24, 2.45) is 0 Å². The van der Waals surface area contributed by atoms with Gasteiger partial charge in [-0.15, -0.1) is 0 Å². The van der Waals surface area contributed by atoms with Crippen molar-refractivity contribution < 1.29 is 18.4 Å². The summed E-state index contributed by atoms with van der Waals surface area (Å²) in [7, 11) is 0. The van der Waals surface area contributed by atoms with E-state index in [1.54, 1.807) is 62.6 Å². The quantitative estimate of drug-likeness (QED) is 0.542. The van der Waals surface area contributed by atoms with Gasteiger partial charge in [0, 0.05) is 30.1 Å². The molecule has 33 heavy (non-hydrogen) atoms. The fourth-order valence-corrected chi connectivity index (χ4v) is 4.07. The van der Waals surface area contributed by atoms with E-state index in [2.05, 4.69) is 16.8 Å². The molecule has 1 aliphatic heterocycles. The Morgan fingerprint density at radius 3 is 2.27 bits per heavy atom. The van der Waals surface area contributed by atoms with E-state index in [4.69, 9.17) is 0 Å². The maximum absolute atomic E-state index is 15.0. The molecule has 4 rings (SSSR count). The summed E-state index contributed by atoms with van der Waals surface area (Å²) in [5.74, 6) is 2.78. The van der Waals surface area contributed by atoms with Gasteiger partial charge in [-0.25, -0.2) is 18.5 Å². The molecule has 0 bridgehead atoms.